The third-order valence-corrected chi connectivity index (χ3v) is 5.92. The van der Waals surface area contributed by atoms with Crippen molar-refractivity contribution < 1.29 is 13.9 Å². The average molecular weight is 382 g/mol. The van der Waals surface area contributed by atoms with E-state index in [1.54, 1.807) is 12.1 Å². The molecule has 0 aromatic heterocycles. The summed E-state index contributed by atoms with van der Waals surface area (Å²) in [5.41, 5.74) is 1.90. The van der Waals surface area contributed by atoms with E-state index in [4.69, 9.17) is 4.74 Å². The van der Waals surface area contributed by atoms with Crippen molar-refractivity contribution in [1.29, 1.82) is 0 Å². The minimum atomic E-state index is -0.211. The number of likely N-dealkylation sites (tertiary alicyclic amines) is 1. The zero-order chi connectivity index (χ0) is 19.6. The first-order valence-electron chi connectivity index (χ1n) is 9.94. The maximum Gasteiger partial charge on any atom is 0.223 e. The summed E-state index contributed by atoms with van der Waals surface area (Å²) in [6.45, 7) is 6.27. The summed E-state index contributed by atoms with van der Waals surface area (Å²) in [7, 11) is 0. The fourth-order valence-corrected chi connectivity index (χ4v) is 4.50. The van der Waals surface area contributed by atoms with E-state index in [1.807, 2.05) is 29.2 Å². The Morgan fingerprint density at radius 2 is 1.96 bits per heavy atom. The van der Waals surface area contributed by atoms with Crippen LogP contribution in [0.4, 0.5) is 4.39 Å². The lowest BCUT2D eigenvalue weighted by Crippen LogP contribution is -2.40. The standard InChI is InChI=1S/C23H27FN2O2/c1-18(20-7-3-2-4-8-20)26-16-23(13-22(26)27)15-25(10-11-28-17-23)14-19-6-5-9-21(24)12-19/h2-9,12,18H,10-11,13-17H2,1H3/t18-,23+/m0/s1. The number of halogens is 1. The van der Waals surface area contributed by atoms with Gasteiger partial charge in [-0.3, -0.25) is 9.69 Å². The monoisotopic (exact) mass is 382 g/mol. The lowest BCUT2D eigenvalue weighted by atomic mass is 9.87. The molecule has 28 heavy (non-hydrogen) atoms. The van der Waals surface area contributed by atoms with Crippen LogP contribution in [0.3, 0.4) is 0 Å². The molecule has 2 aliphatic rings. The van der Waals surface area contributed by atoms with Crippen LogP contribution in [-0.4, -0.2) is 48.6 Å². The van der Waals surface area contributed by atoms with Gasteiger partial charge in [0, 0.05) is 38.0 Å². The number of nitrogens with zero attached hydrogens (tertiary/aromatic N) is 2. The number of rotatable bonds is 4. The number of hydrogen-bond acceptors (Lipinski definition) is 3. The van der Waals surface area contributed by atoms with Gasteiger partial charge >= 0.3 is 0 Å². The quantitative estimate of drug-likeness (QED) is 0.809. The lowest BCUT2D eigenvalue weighted by molar-refractivity contribution is -0.129. The largest absolute Gasteiger partial charge is 0.379 e. The Morgan fingerprint density at radius 1 is 1.14 bits per heavy atom. The van der Waals surface area contributed by atoms with Crippen molar-refractivity contribution in [2.24, 2.45) is 5.41 Å². The average Bonchev–Trinajstić information content (AvgIpc) is 2.88. The molecule has 2 fully saturated rings. The van der Waals surface area contributed by atoms with Crippen molar-refractivity contribution in [2.75, 3.05) is 32.8 Å². The maximum absolute atomic E-state index is 13.6. The second-order valence-corrected chi connectivity index (χ2v) is 8.18. The molecule has 2 aliphatic heterocycles. The number of hydrogen-bond donors (Lipinski definition) is 0. The molecule has 2 aromatic rings. The number of carbonyl (C=O) groups excluding carboxylic acids is 1. The van der Waals surface area contributed by atoms with Gasteiger partial charge < -0.3 is 9.64 Å². The molecule has 0 unspecified atom stereocenters. The summed E-state index contributed by atoms with van der Waals surface area (Å²) in [4.78, 5) is 17.2. The highest BCUT2D eigenvalue weighted by Gasteiger charge is 2.46. The molecule has 4 nitrogen and oxygen atoms in total. The molecule has 1 spiro atoms. The molecule has 0 N–H and O–H groups in total. The van der Waals surface area contributed by atoms with Crippen molar-refractivity contribution in [2.45, 2.75) is 25.9 Å². The van der Waals surface area contributed by atoms with Gasteiger partial charge in [0.2, 0.25) is 5.91 Å². The molecule has 4 rings (SSSR count). The molecule has 1 amide bonds. The summed E-state index contributed by atoms with van der Waals surface area (Å²) in [6.07, 6.45) is 0.504. The van der Waals surface area contributed by atoms with Crippen LogP contribution in [0.1, 0.15) is 30.5 Å². The van der Waals surface area contributed by atoms with Crippen LogP contribution in [0, 0.1) is 11.2 Å². The Kier molecular flexibility index (Phi) is 5.47. The topological polar surface area (TPSA) is 32.8 Å². The Balaban J connectivity index is 1.49. The maximum atomic E-state index is 13.6. The van der Waals surface area contributed by atoms with Crippen LogP contribution in [-0.2, 0) is 16.1 Å². The molecule has 0 aliphatic carbocycles. The van der Waals surface area contributed by atoms with Crippen molar-refractivity contribution in [1.82, 2.24) is 9.80 Å². The third kappa shape index (κ3) is 4.10. The van der Waals surface area contributed by atoms with Crippen LogP contribution in [0.5, 0.6) is 0 Å². The zero-order valence-corrected chi connectivity index (χ0v) is 16.3. The highest BCUT2D eigenvalue weighted by atomic mass is 19.1. The molecular formula is C23H27FN2O2. The SMILES string of the molecule is C[C@@H](c1ccccc1)N1C[C@@]2(COCCN(Cc3cccc(F)c3)C2)CC1=O. The van der Waals surface area contributed by atoms with E-state index in [-0.39, 0.29) is 23.2 Å². The van der Waals surface area contributed by atoms with Gasteiger partial charge in [-0.15, -0.1) is 0 Å². The molecule has 0 radical (unpaired) electrons. The van der Waals surface area contributed by atoms with Crippen molar-refractivity contribution in [3.63, 3.8) is 0 Å². The van der Waals surface area contributed by atoms with Crippen LogP contribution in [0.2, 0.25) is 0 Å². The normalized spacial score (nSPS) is 24.5. The Labute approximate surface area is 165 Å². The Morgan fingerprint density at radius 3 is 2.75 bits per heavy atom. The molecule has 2 atom stereocenters. The Hall–Kier alpha value is -2.24. The van der Waals surface area contributed by atoms with E-state index in [2.05, 4.69) is 24.0 Å². The summed E-state index contributed by atoms with van der Waals surface area (Å²) in [6, 6.07) is 17.0. The van der Waals surface area contributed by atoms with E-state index in [0.717, 1.165) is 24.2 Å². The summed E-state index contributed by atoms with van der Waals surface area (Å²) in [5.74, 6) is -0.0234. The van der Waals surface area contributed by atoms with Gasteiger partial charge in [0.25, 0.3) is 0 Å². The van der Waals surface area contributed by atoms with Crippen LogP contribution >= 0.6 is 0 Å². The van der Waals surface area contributed by atoms with Gasteiger partial charge in [-0.25, -0.2) is 4.39 Å². The fraction of sp³-hybridized carbons (Fsp3) is 0.435. The summed E-state index contributed by atoms with van der Waals surface area (Å²) in [5, 5.41) is 0. The van der Waals surface area contributed by atoms with Gasteiger partial charge in [0.05, 0.1) is 19.3 Å². The van der Waals surface area contributed by atoms with Gasteiger partial charge in [-0.1, -0.05) is 42.5 Å². The molecule has 0 bridgehead atoms. The highest BCUT2D eigenvalue weighted by molar-refractivity contribution is 5.80. The highest BCUT2D eigenvalue weighted by Crippen LogP contribution is 2.38. The molecule has 5 heteroatoms. The van der Waals surface area contributed by atoms with Crippen molar-refractivity contribution >= 4 is 5.91 Å². The van der Waals surface area contributed by atoms with E-state index in [9.17, 15) is 9.18 Å². The van der Waals surface area contributed by atoms with Gasteiger partial charge in [0.15, 0.2) is 0 Å². The fourth-order valence-electron chi connectivity index (χ4n) is 4.50. The molecule has 148 valence electrons. The van der Waals surface area contributed by atoms with Crippen LogP contribution in [0.15, 0.2) is 54.6 Å². The number of carbonyl (C=O) groups is 1. The van der Waals surface area contributed by atoms with E-state index in [1.165, 1.54) is 6.07 Å². The minimum Gasteiger partial charge on any atom is -0.379 e. The summed E-state index contributed by atoms with van der Waals surface area (Å²) >= 11 is 0. The predicted molar refractivity (Wildman–Crippen MR) is 106 cm³/mol. The van der Waals surface area contributed by atoms with Gasteiger partial charge in [-0.2, -0.15) is 0 Å². The predicted octanol–water partition coefficient (Wildman–Crippen LogP) is 3.64. The second-order valence-electron chi connectivity index (χ2n) is 8.18. The van der Waals surface area contributed by atoms with Crippen molar-refractivity contribution in [3.05, 3.63) is 71.5 Å². The van der Waals surface area contributed by atoms with Gasteiger partial charge in [0.1, 0.15) is 5.82 Å². The Bertz CT molecular complexity index is 828. The van der Waals surface area contributed by atoms with E-state index in [0.29, 0.717) is 32.7 Å². The van der Waals surface area contributed by atoms with Crippen molar-refractivity contribution in [3.8, 4) is 0 Å². The molecular weight excluding hydrogens is 355 g/mol. The first-order valence-corrected chi connectivity index (χ1v) is 9.94. The lowest BCUT2D eigenvalue weighted by Gasteiger charge is -2.33. The minimum absolute atomic E-state index is 0.0491. The number of amides is 1. The molecule has 2 saturated heterocycles. The zero-order valence-electron chi connectivity index (χ0n) is 16.3. The molecule has 2 aromatic carbocycles. The smallest absolute Gasteiger partial charge is 0.223 e. The van der Waals surface area contributed by atoms with Crippen LogP contribution in [0.25, 0.3) is 0 Å². The number of ether oxygens (including phenoxy) is 1. The first-order chi connectivity index (χ1) is 13.5. The molecule has 0 saturated carbocycles. The van der Waals surface area contributed by atoms with E-state index >= 15 is 0 Å². The third-order valence-electron chi connectivity index (χ3n) is 5.92. The number of benzene rings is 2. The van der Waals surface area contributed by atoms with E-state index < -0.39 is 0 Å². The molecule has 2 heterocycles. The van der Waals surface area contributed by atoms with Crippen LogP contribution < -0.4 is 0 Å². The van der Waals surface area contributed by atoms with Gasteiger partial charge in [-0.05, 0) is 30.2 Å². The second kappa shape index (κ2) is 8.02. The summed E-state index contributed by atoms with van der Waals surface area (Å²) < 4.78 is 19.5. The first kappa shape index (κ1) is 19.1.